The fourth-order valence-corrected chi connectivity index (χ4v) is 1.61. The molecule has 0 saturated heterocycles. The van der Waals surface area contributed by atoms with Gasteiger partial charge in [-0.3, -0.25) is 4.79 Å². The monoisotopic (exact) mass is 273 g/mol. The van der Waals surface area contributed by atoms with Crippen molar-refractivity contribution in [2.24, 2.45) is 5.73 Å². The van der Waals surface area contributed by atoms with Gasteiger partial charge >= 0.3 is 12.0 Å². The van der Waals surface area contributed by atoms with E-state index in [1.165, 1.54) is 4.90 Å². The highest BCUT2D eigenvalue weighted by Crippen LogP contribution is 2.05. The lowest BCUT2D eigenvalue weighted by atomic mass is 10.1. The topological polar surface area (TPSA) is 113 Å². The van der Waals surface area contributed by atoms with Crippen LogP contribution in [0.4, 0.5) is 4.79 Å². The second-order valence-electron chi connectivity index (χ2n) is 4.59. The first-order valence-electron chi connectivity index (χ1n) is 6.34. The third kappa shape index (κ3) is 6.64. The lowest BCUT2D eigenvalue weighted by Crippen LogP contribution is -2.49. The van der Waals surface area contributed by atoms with Gasteiger partial charge in [-0.2, -0.15) is 0 Å². The highest BCUT2D eigenvalue weighted by molar-refractivity contribution is 5.83. The van der Waals surface area contributed by atoms with Gasteiger partial charge in [-0.1, -0.05) is 13.3 Å². The third-order valence-corrected chi connectivity index (χ3v) is 2.96. The molecule has 0 aliphatic carbocycles. The molecule has 0 fully saturated rings. The number of carboxylic acids is 1. The molecule has 7 heteroatoms. The van der Waals surface area contributed by atoms with E-state index in [1.54, 1.807) is 7.05 Å². The van der Waals surface area contributed by atoms with Crippen molar-refractivity contribution < 1.29 is 19.5 Å². The van der Waals surface area contributed by atoms with Gasteiger partial charge in [0.15, 0.2) is 0 Å². The zero-order valence-electron chi connectivity index (χ0n) is 11.7. The first kappa shape index (κ1) is 17.2. The van der Waals surface area contributed by atoms with Crippen LogP contribution < -0.4 is 11.1 Å². The number of carbonyl (C=O) groups is 3. The molecule has 19 heavy (non-hydrogen) atoms. The molecular formula is C12H23N3O4. The summed E-state index contributed by atoms with van der Waals surface area (Å²) in [5, 5.41) is 11.4. The highest BCUT2D eigenvalue weighted by Gasteiger charge is 2.23. The van der Waals surface area contributed by atoms with Crippen LogP contribution in [0.5, 0.6) is 0 Å². The Bertz CT molecular complexity index is 333. The van der Waals surface area contributed by atoms with Gasteiger partial charge in [-0.25, -0.2) is 9.59 Å². The maximum absolute atomic E-state index is 11.9. The number of urea groups is 1. The average Bonchev–Trinajstić information content (AvgIpc) is 2.32. The summed E-state index contributed by atoms with van der Waals surface area (Å²) < 4.78 is 0. The van der Waals surface area contributed by atoms with E-state index in [0.29, 0.717) is 0 Å². The quantitative estimate of drug-likeness (QED) is 0.598. The lowest BCUT2D eigenvalue weighted by molar-refractivity contribution is -0.139. The van der Waals surface area contributed by atoms with Crippen molar-refractivity contribution in [2.45, 2.75) is 51.6 Å². The van der Waals surface area contributed by atoms with Gasteiger partial charge < -0.3 is 21.1 Å². The largest absolute Gasteiger partial charge is 0.480 e. The van der Waals surface area contributed by atoms with Crippen LogP contribution in [0.15, 0.2) is 0 Å². The molecule has 0 heterocycles. The van der Waals surface area contributed by atoms with E-state index in [0.717, 1.165) is 12.8 Å². The molecule has 0 saturated carbocycles. The van der Waals surface area contributed by atoms with Crippen LogP contribution in [0, 0.1) is 0 Å². The number of rotatable bonds is 8. The molecule has 2 atom stereocenters. The van der Waals surface area contributed by atoms with Crippen molar-refractivity contribution in [3.63, 3.8) is 0 Å². The van der Waals surface area contributed by atoms with Crippen LogP contribution in [0.1, 0.15) is 39.5 Å². The van der Waals surface area contributed by atoms with Gasteiger partial charge in [0.2, 0.25) is 5.91 Å². The number of primary amides is 1. The number of aliphatic carboxylic acids is 1. The minimum Gasteiger partial charge on any atom is -0.480 e. The number of carbonyl (C=O) groups excluding carboxylic acids is 2. The molecule has 0 aromatic carbocycles. The molecule has 7 nitrogen and oxygen atoms in total. The molecule has 4 N–H and O–H groups in total. The maximum Gasteiger partial charge on any atom is 0.326 e. The Hall–Kier alpha value is -1.79. The van der Waals surface area contributed by atoms with Gasteiger partial charge in [0.25, 0.3) is 0 Å². The minimum atomic E-state index is -1.17. The Morgan fingerprint density at radius 3 is 2.32 bits per heavy atom. The Morgan fingerprint density at radius 1 is 1.32 bits per heavy atom. The predicted molar refractivity (Wildman–Crippen MR) is 70.5 cm³/mol. The van der Waals surface area contributed by atoms with Crippen molar-refractivity contribution in [3.05, 3.63) is 0 Å². The molecule has 110 valence electrons. The van der Waals surface area contributed by atoms with Crippen LogP contribution in [0.25, 0.3) is 0 Å². The Kier molecular flexibility index (Phi) is 7.55. The van der Waals surface area contributed by atoms with E-state index in [4.69, 9.17) is 10.8 Å². The Balaban J connectivity index is 4.45. The fourth-order valence-electron chi connectivity index (χ4n) is 1.61. The summed E-state index contributed by atoms with van der Waals surface area (Å²) >= 11 is 0. The van der Waals surface area contributed by atoms with E-state index in [1.807, 2.05) is 13.8 Å². The number of carboxylic acid groups (broad SMARTS) is 1. The molecule has 0 spiro atoms. The molecular weight excluding hydrogens is 250 g/mol. The zero-order valence-corrected chi connectivity index (χ0v) is 11.7. The predicted octanol–water partition coefficient (Wildman–Crippen LogP) is 0.535. The second kappa shape index (κ2) is 8.34. The van der Waals surface area contributed by atoms with Gasteiger partial charge in [0.05, 0.1) is 0 Å². The summed E-state index contributed by atoms with van der Waals surface area (Å²) in [6.07, 6.45) is 1.68. The lowest BCUT2D eigenvalue weighted by Gasteiger charge is -2.26. The Labute approximate surface area is 113 Å². The van der Waals surface area contributed by atoms with Crippen molar-refractivity contribution in [1.29, 1.82) is 0 Å². The molecule has 0 aromatic rings. The highest BCUT2D eigenvalue weighted by atomic mass is 16.4. The first-order valence-corrected chi connectivity index (χ1v) is 6.34. The fraction of sp³-hybridized carbons (Fsp3) is 0.750. The molecule has 0 aliphatic heterocycles. The smallest absolute Gasteiger partial charge is 0.326 e. The number of nitrogens with one attached hydrogen (secondary N) is 1. The first-order chi connectivity index (χ1) is 8.79. The van der Waals surface area contributed by atoms with Crippen LogP contribution in [-0.4, -0.2) is 47.0 Å². The van der Waals surface area contributed by atoms with E-state index in [2.05, 4.69) is 5.32 Å². The van der Waals surface area contributed by atoms with Crippen LogP contribution in [0.3, 0.4) is 0 Å². The summed E-state index contributed by atoms with van der Waals surface area (Å²) in [6.45, 7) is 3.90. The van der Waals surface area contributed by atoms with Gasteiger partial charge in [-0.05, 0) is 19.8 Å². The van der Waals surface area contributed by atoms with Gasteiger partial charge in [-0.15, -0.1) is 0 Å². The van der Waals surface area contributed by atoms with Crippen LogP contribution >= 0.6 is 0 Å². The van der Waals surface area contributed by atoms with Crippen LogP contribution in [-0.2, 0) is 9.59 Å². The van der Waals surface area contributed by atoms with E-state index in [-0.39, 0.29) is 18.9 Å². The normalized spacial score (nSPS) is 13.4. The van der Waals surface area contributed by atoms with Gasteiger partial charge in [0.1, 0.15) is 6.04 Å². The second-order valence-corrected chi connectivity index (χ2v) is 4.59. The van der Waals surface area contributed by atoms with Crippen molar-refractivity contribution in [1.82, 2.24) is 10.2 Å². The summed E-state index contributed by atoms with van der Waals surface area (Å²) in [6, 6.07) is -1.54. The molecule has 0 aliphatic rings. The molecule has 0 radical (unpaired) electrons. The summed E-state index contributed by atoms with van der Waals surface area (Å²) in [7, 11) is 1.61. The number of hydrogen-bond acceptors (Lipinski definition) is 3. The number of nitrogens with zero attached hydrogens (tertiary/aromatic N) is 1. The van der Waals surface area contributed by atoms with E-state index >= 15 is 0 Å². The van der Waals surface area contributed by atoms with Crippen molar-refractivity contribution in [3.8, 4) is 0 Å². The molecule has 0 rings (SSSR count). The summed E-state index contributed by atoms with van der Waals surface area (Å²) in [5.41, 5.74) is 4.96. The summed E-state index contributed by atoms with van der Waals surface area (Å²) in [5.74, 6) is -1.76. The van der Waals surface area contributed by atoms with Crippen molar-refractivity contribution in [2.75, 3.05) is 7.05 Å². The zero-order chi connectivity index (χ0) is 15.0. The molecule has 0 aromatic heterocycles. The van der Waals surface area contributed by atoms with Gasteiger partial charge in [0, 0.05) is 19.5 Å². The maximum atomic E-state index is 11.9. The third-order valence-electron chi connectivity index (χ3n) is 2.96. The Morgan fingerprint density at radius 2 is 1.89 bits per heavy atom. The SMILES string of the molecule is CCCC(C)N(C)C(=O)N[C@H](CCC(N)=O)C(=O)O. The molecule has 0 bridgehead atoms. The standard InChI is InChI=1S/C12H23N3O4/c1-4-5-8(2)15(3)12(19)14-9(11(17)18)6-7-10(13)16/h8-9H,4-7H2,1-3H3,(H2,13,16)(H,14,19)(H,17,18)/t8?,9-/m1/s1. The minimum absolute atomic E-state index is 0.00753. The number of amides is 3. The average molecular weight is 273 g/mol. The van der Waals surface area contributed by atoms with E-state index < -0.39 is 23.9 Å². The number of nitrogens with two attached hydrogens (primary N) is 1. The number of hydrogen-bond donors (Lipinski definition) is 3. The molecule has 3 amide bonds. The van der Waals surface area contributed by atoms with Crippen molar-refractivity contribution >= 4 is 17.9 Å². The molecule has 1 unspecified atom stereocenters. The van der Waals surface area contributed by atoms with E-state index in [9.17, 15) is 14.4 Å². The van der Waals surface area contributed by atoms with Crippen LogP contribution in [0.2, 0.25) is 0 Å². The summed E-state index contributed by atoms with van der Waals surface area (Å²) in [4.78, 5) is 34.9.